The normalized spacial score (nSPS) is 21.1. The number of nitrogens with zero attached hydrogens (tertiary/aromatic N) is 4. The van der Waals surface area contributed by atoms with E-state index < -0.39 is 5.97 Å². The third-order valence-electron chi connectivity index (χ3n) is 3.10. The molecule has 0 saturated carbocycles. The molecule has 0 bridgehead atoms. The van der Waals surface area contributed by atoms with Gasteiger partial charge >= 0.3 is 5.97 Å². The van der Waals surface area contributed by atoms with E-state index in [1.807, 2.05) is 11.6 Å². The van der Waals surface area contributed by atoms with Crippen LogP contribution in [-0.4, -0.2) is 56.5 Å². The van der Waals surface area contributed by atoms with Crippen molar-refractivity contribution in [3.05, 3.63) is 12.2 Å². The summed E-state index contributed by atoms with van der Waals surface area (Å²) in [6, 6.07) is -0.0849. The Labute approximate surface area is 105 Å². The lowest BCUT2D eigenvalue weighted by Crippen LogP contribution is -2.46. The SMILES string of the molecule is CCn1ncnc1CN1CCOCC1CC(=O)O. The smallest absolute Gasteiger partial charge is 0.305 e. The second kappa shape index (κ2) is 5.92. The topological polar surface area (TPSA) is 80.5 Å². The Balaban J connectivity index is 2.03. The third kappa shape index (κ3) is 3.05. The molecule has 1 aromatic heterocycles. The summed E-state index contributed by atoms with van der Waals surface area (Å²) in [6.45, 7) is 5.22. The summed E-state index contributed by atoms with van der Waals surface area (Å²) < 4.78 is 7.17. The highest BCUT2D eigenvalue weighted by atomic mass is 16.5. The summed E-state index contributed by atoms with van der Waals surface area (Å²) in [5.41, 5.74) is 0. The number of morpholine rings is 1. The molecule has 100 valence electrons. The molecule has 1 unspecified atom stereocenters. The van der Waals surface area contributed by atoms with Crippen LogP contribution in [0.25, 0.3) is 0 Å². The molecule has 0 aliphatic carbocycles. The van der Waals surface area contributed by atoms with Crippen LogP contribution in [0.2, 0.25) is 0 Å². The average Bonchev–Trinajstić information content (AvgIpc) is 2.78. The van der Waals surface area contributed by atoms with Crippen molar-refractivity contribution in [2.45, 2.75) is 32.5 Å². The Morgan fingerprint density at radius 1 is 1.67 bits per heavy atom. The molecule has 0 spiro atoms. The minimum absolute atomic E-state index is 0.0849. The lowest BCUT2D eigenvalue weighted by molar-refractivity contribution is -0.140. The van der Waals surface area contributed by atoms with E-state index in [-0.39, 0.29) is 12.5 Å². The van der Waals surface area contributed by atoms with Crippen molar-refractivity contribution in [1.82, 2.24) is 19.7 Å². The van der Waals surface area contributed by atoms with Crippen LogP contribution in [-0.2, 0) is 22.6 Å². The second-order valence-corrected chi connectivity index (χ2v) is 4.29. The maximum absolute atomic E-state index is 10.8. The van der Waals surface area contributed by atoms with Gasteiger partial charge in [0.2, 0.25) is 0 Å². The van der Waals surface area contributed by atoms with Gasteiger partial charge in [-0.05, 0) is 6.92 Å². The number of aromatic nitrogens is 3. The molecular weight excluding hydrogens is 236 g/mol. The summed E-state index contributed by atoms with van der Waals surface area (Å²) in [7, 11) is 0. The molecule has 1 saturated heterocycles. The van der Waals surface area contributed by atoms with Gasteiger partial charge in [-0.25, -0.2) is 9.67 Å². The van der Waals surface area contributed by atoms with Gasteiger partial charge in [0.25, 0.3) is 0 Å². The summed E-state index contributed by atoms with van der Waals surface area (Å²) in [6.07, 6.45) is 1.63. The van der Waals surface area contributed by atoms with E-state index in [2.05, 4.69) is 15.0 Å². The van der Waals surface area contributed by atoms with Crippen LogP contribution in [0.1, 0.15) is 19.2 Å². The van der Waals surface area contributed by atoms with Crippen LogP contribution in [0.3, 0.4) is 0 Å². The van der Waals surface area contributed by atoms with E-state index in [1.54, 1.807) is 0 Å². The molecule has 0 radical (unpaired) electrons. The van der Waals surface area contributed by atoms with Crippen molar-refractivity contribution in [3.63, 3.8) is 0 Å². The maximum Gasteiger partial charge on any atom is 0.305 e. The molecule has 2 heterocycles. The van der Waals surface area contributed by atoms with Gasteiger partial charge in [-0.3, -0.25) is 9.69 Å². The van der Waals surface area contributed by atoms with Gasteiger partial charge in [-0.15, -0.1) is 0 Å². The number of rotatable bonds is 5. The van der Waals surface area contributed by atoms with Crippen molar-refractivity contribution >= 4 is 5.97 Å². The van der Waals surface area contributed by atoms with E-state index in [1.165, 1.54) is 6.33 Å². The standard InChI is InChI=1S/C11H18N4O3/c1-2-15-10(12-8-13-15)6-14-3-4-18-7-9(14)5-11(16)17/h8-9H,2-7H2,1H3,(H,16,17). The molecule has 1 aromatic rings. The lowest BCUT2D eigenvalue weighted by Gasteiger charge is -2.34. The lowest BCUT2D eigenvalue weighted by atomic mass is 10.1. The number of carboxylic acids is 1. The molecule has 18 heavy (non-hydrogen) atoms. The number of carboxylic acid groups (broad SMARTS) is 1. The Bertz CT molecular complexity index is 407. The van der Waals surface area contributed by atoms with Gasteiger partial charge in [0.15, 0.2) is 0 Å². The van der Waals surface area contributed by atoms with Crippen LogP contribution < -0.4 is 0 Å². The molecule has 0 aromatic carbocycles. The first kappa shape index (κ1) is 13.0. The van der Waals surface area contributed by atoms with Gasteiger partial charge in [0, 0.05) is 19.1 Å². The van der Waals surface area contributed by atoms with Gasteiger partial charge in [-0.2, -0.15) is 5.10 Å². The van der Waals surface area contributed by atoms with Gasteiger partial charge in [-0.1, -0.05) is 0 Å². The Morgan fingerprint density at radius 2 is 2.50 bits per heavy atom. The highest BCUT2D eigenvalue weighted by molar-refractivity contribution is 5.67. The van der Waals surface area contributed by atoms with Crippen molar-refractivity contribution in [2.75, 3.05) is 19.8 Å². The third-order valence-corrected chi connectivity index (χ3v) is 3.10. The summed E-state index contributed by atoms with van der Waals surface area (Å²) in [5.74, 6) is 0.0715. The fourth-order valence-electron chi connectivity index (χ4n) is 2.14. The first-order chi connectivity index (χ1) is 8.70. The summed E-state index contributed by atoms with van der Waals surface area (Å²) in [4.78, 5) is 17.1. The van der Waals surface area contributed by atoms with E-state index in [9.17, 15) is 4.79 Å². The minimum Gasteiger partial charge on any atom is -0.481 e. The molecule has 1 atom stereocenters. The highest BCUT2D eigenvalue weighted by Gasteiger charge is 2.26. The molecule has 1 fully saturated rings. The first-order valence-corrected chi connectivity index (χ1v) is 6.11. The van der Waals surface area contributed by atoms with Crippen LogP contribution >= 0.6 is 0 Å². The van der Waals surface area contributed by atoms with E-state index in [0.29, 0.717) is 19.8 Å². The van der Waals surface area contributed by atoms with Crippen molar-refractivity contribution in [2.24, 2.45) is 0 Å². The van der Waals surface area contributed by atoms with E-state index in [4.69, 9.17) is 9.84 Å². The number of aliphatic carboxylic acids is 1. The first-order valence-electron chi connectivity index (χ1n) is 6.11. The van der Waals surface area contributed by atoms with Crippen LogP contribution in [0.4, 0.5) is 0 Å². The van der Waals surface area contributed by atoms with Gasteiger partial charge in [0.05, 0.1) is 26.2 Å². The minimum atomic E-state index is -0.799. The summed E-state index contributed by atoms with van der Waals surface area (Å²) >= 11 is 0. The number of ether oxygens (including phenoxy) is 1. The predicted octanol–water partition coefficient (Wildman–Crippen LogP) is -0.0265. The molecule has 2 rings (SSSR count). The monoisotopic (exact) mass is 254 g/mol. The zero-order valence-electron chi connectivity index (χ0n) is 10.4. The summed E-state index contributed by atoms with van der Waals surface area (Å²) in [5, 5.41) is 13.0. The Hall–Kier alpha value is -1.47. The quantitative estimate of drug-likeness (QED) is 0.795. The molecular formula is C11H18N4O3. The second-order valence-electron chi connectivity index (χ2n) is 4.29. The number of carbonyl (C=O) groups is 1. The van der Waals surface area contributed by atoms with Gasteiger partial charge < -0.3 is 9.84 Å². The number of hydrogen-bond acceptors (Lipinski definition) is 5. The van der Waals surface area contributed by atoms with Gasteiger partial charge in [0.1, 0.15) is 12.2 Å². The highest BCUT2D eigenvalue weighted by Crippen LogP contribution is 2.13. The molecule has 1 aliphatic rings. The van der Waals surface area contributed by atoms with Crippen molar-refractivity contribution in [3.8, 4) is 0 Å². The molecule has 7 nitrogen and oxygen atoms in total. The van der Waals surface area contributed by atoms with E-state index in [0.717, 1.165) is 18.9 Å². The van der Waals surface area contributed by atoms with Crippen molar-refractivity contribution < 1.29 is 14.6 Å². The van der Waals surface area contributed by atoms with Crippen LogP contribution in [0.5, 0.6) is 0 Å². The van der Waals surface area contributed by atoms with Crippen LogP contribution in [0, 0.1) is 0 Å². The molecule has 1 aliphatic heterocycles. The zero-order valence-corrected chi connectivity index (χ0v) is 10.4. The molecule has 7 heteroatoms. The number of aryl methyl sites for hydroxylation is 1. The Morgan fingerprint density at radius 3 is 3.22 bits per heavy atom. The van der Waals surface area contributed by atoms with Crippen LogP contribution in [0.15, 0.2) is 6.33 Å². The fraction of sp³-hybridized carbons (Fsp3) is 0.727. The fourth-order valence-corrected chi connectivity index (χ4v) is 2.14. The number of hydrogen-bond donors (Lipinski definition) is 1. The Kier molecular flexibility index (Phi) is 4.27. The molecule has 1 N–H and O–H groups in total. The predicted molar refractivity (Wildman–Crippen MR) is 63.0 cm³/mol. The molecule has 0 amide bonds. The largest absolute Gasteiger partial charge is 0.481 e. The average molecular weight is 254 g/mol. The van der Waals surface area contributed by atoms with E-state index >= 15 is 0 Å². The maximum atomic E-state index is 10.8. The van der Waals surface area contributed by atoms with Crippen molar-refractivity contribution in [1.29, 1.82) is 0 Å². The zero-order chi connectivity index (χ0) is 13.0.